The summed E-state index contributed by atoms with van der Waals surface area (Å²) in [5, 5.41) is 0. The monoisotopic (exact) mass is 289 g/mol. The first-order valence-corrected chi connectivity index (χ1v) is 6.56. The molecule has 0 saturated heterocycles. The molecule has 0 fully saturated rings. The second-order valence-electron chi connectivity index (χ2n) is 2.72. The zero-order valence-corrected chi connectivity index (χ0v) is 10.3. The van der Waals surface area contributed by atoms with Gasteiger partial charge in [-0.3, -0.25) is 0 Å². The summed E-state index contributed by atoms with van der Waals surface area (Å²) >= 11 is 3.15. The third-order valence-corrected chi connectivity index (χ3v) is 4.23. The Hall–Kier alpha value is -0.970. The van der Waals surface area contributed by atoms with E-state index < -0.39 is 9.84 Å². The molecule has 0 aliphatic rings. The summed E-state index contributed by atoms with van der Waals surface area (Å²) < 4.78 is 23.6. The maximum absolute atomic E-state index is 11.5. The summed E-state index contributed by atoms with van der Waals surface area (Å²) in [4.78, 5) is 13.6. The van der Waals surface area contributed by atoms with E-state index in [9.17, 15) is 13.2 Å². The molecule has 80 valence electrons. The van der Waals surface area contributed by atoms with Gasteiger partial charge < -0.3 is 0 Å². The second kappa shape index (κ2) is 4.70. The number of benzene rings is 1. The Kier molecular flexibility index (Phi) is 3.79. The fourth-order valence-electron chi connectivity index (χ4n) is 0.987. The molecule has 1 rings (SSSR count). The van der Waals surface area contributed by atoms with Crippen LogP contribution >= 0.6 is 15.9 Å². The molecule has 0 radical (unpaired) electrons. The molecule has 0 N–H and O–H groups in total. The van der Waals surface area contributed by atoms with Gasteiger partial charge in [-0.15, -0.1) is 0 Å². The first kappa shape index (κ1) is 12.1. The molecule has 0 aliphatic carbocycles. The van der Waals surface area contributed by atoms with Crippen molar-refractivity contribution in [3.8, 4) is 0 Å². The van der Waals surface area contributed by atoms with Crippen LogP contribution < -0.4 is 0 Å². The first-order valence-electron chi connectivity index (χ1n) is 4.11. The minimum absolute atomic E-state index is 0.0128. The number of carbonyl (C=O) groups excluding carboxylic acids is 1. The molecule has 0 spiro atoms. The first-order chi connectivity index (χ1) is 7.01. The van der Waals surface area contributed by atoms with Gasteiger partial charge in [-0.2, -0.15) is 4.99 Å². The second-order valence-corrected chi connectivity index (χ2v) is 5.85. The summed E-state index contributed by atoms with van der Waals surface area (Å²) in [5.74, 6) is 0.0128. The van der Waals surface area contributed by atoms with Crippen molar-refractivity contribution in [2.24, 2.45) is 4.99 Å². The van der Waals surface area contributed by atoms with Gasteiger partial charge in [0.05, 0.1) is 16.3 Å². The largest absolute Gasteiger partial charge is 0.240 e. The Morgan fingerprint density at radius 1 is 1.47 bits per heavy atom. The Labute approximate surface area is 96.1 Å². The van der Waals surface area contributed by atoms with Crippen LogP contribution in [0.15, 0.2) is 32.6 Å². The molecule has 0 saturated carbocycles. The predicted octanol–water partition coefficient (Wildman–Crippen LogP) is 2.21. The number of hydrogen-bond acceptors (Lipinski definition) is 4. The molecule has 0 aliphatic heterocycles. The maximum atomic E-state index is 11.5. The Balaban J connectivity index is 3.37. The maximum Gasteiger partial charge on any atom is 0.240 e. The molecule has 0 atom stereocenters. The fraction of sp³-hybridized carbons (Fsp3) is 0.222. The lowest BCUT2D eigenvalue weighted by molar-refractivity contribution is 0.565. The van der Waals surface area contributed by atoms with Crippen LogP contribution in [0.4, 0.5) is 5.69 Å². The number of nitrogens with zero attached hydrogens (tertiary/aromatic N) is 1. The molecule has 6 heteroatoms. The van der Waals surface area contributed by atoms with Gasteiger partial charge >= 0.3 is 0 Å². The van der Waals surface area contributed by atoms with E-state index in [4.69, 9.17) is 0 Å². The molecule has 0 aromatic heterocycles. The lowest BCUT2D eigenvalue weighted by Gasteiger charge is -2.02. The summed E-state index contributed by atoms with van der Waals surface area (Å²) in [6, 6.07) is 4.35. The van der Waals surface area contributed by atoms with Crippen LogP contribution in [-0.2, 0) is 14.6 Å². The molecule has 4 nitrogen and oxygen atoms in total. The Bertz CT molecular complexity index is 518. The number of aliphatic imine (C=N–C) groups is 1. The third-order valence-electron chi connectivity index (χ3n) is 1.82. The van der Waals surface area contributed by atoms with E-state index in [-0.39, 0.29) is 16.3 Å². The van der Waals surface area contributed by atoms with Gasteiger partial charge in [-0.05, 0) is 34.1 Å². The summed E-state index contributed by atoms with van der Waals surface area (Å²) in [5.41, 5.74) is 0.263. The van der Waals surface area contributed by atoms with Crippen molar-refractivity contribution in [3.63, 3.8) is 0 Å². The molecular weight excluding hydrogens is 282 g/mol. The van der Waals surface area contributed by atoms with Gasteiger partial charge in [0.25, 0.3) is 0 Å². The number of rotatable bonds is 3. The molecule has 0 heterocycles. The number of hydrogen-bond donors (Lipinski definition) is 0. The van der Waals surface area contributed by atoms with Crippen LogP contribution in [0, 0.1) is 0 Å². The number of sulfone groups is 1. The van der Waals surface area contributed by atoms with E-state index in [2.05, 4.69) is 20.9 Å². The van der Waals surface area contributed by atoms with Crippen LogP contribution in [0.1, 0.15) is 6.92 Å². The number of halogens is 1. The lowest BCUT2D eigenvalue weighted by Crippen LogP contribution is -2.03. The van der Waals surface area contributed by atoms with Gasteiger partial charge in [-0.25, -0.2) is 13.2 Å². The average molecular weight is 290 g/mol. The van der Waals surface area contributed by atoms with Gasteiger partial charge in [0.2, 0.25) is 6.08 Å². The van der Waals surface area contributed by atoms with Gasteiger partial charge in [0, 0.05) is 4.47 Å². The zero-order valence-electron chi connectivity index (χ0n) is 7.90. The zero-order chi connectivity index (χ0) is 11.5. The van der Waals surface area contributed by atoms with E-state index in [1.165, 1.54) is 18.2 Å². The van der Waals surface area contributed by atoms with Crippen LogP contribution in [0.2, 0.25) is 0 Å². The van der Waals surface area contributed by atoms with Crippen LogP contribution in [0.5, 0.6) is 0 Å². The molecular formula is C9H8BrNO3S. The van der Waals surface area contributed by atoms with Crippen molar-refractivity contribution in [1.82, 2.24) is 0 Å². The summed E-state index contributed by atoms with van der Waals surface area (Å²) in [7, 11) is -3.27. The molecule has 15 heavy (non-hydrogen) atoms. The van der Waals surface area contributed by atoms with E-state index in [1.807, 2.05) is 0 Å². The summed E-state index contributed by atoms with van der Waals surface area (Å²) in [6.45, 7) is 1.56. The van der Waals surface area contributed by atoms with Gasteiger partial charge in [-0.1, -0.05) is 6.92 Å². The van der Waals surface area contributed by atoms with Crippen LogP contribution in [0.3, 0.4) is 0 Å². The molecule has 1 aromatic rings. The average Bonchev–Trinajstić information content (AvgIpc) is 2.21. The molecule has 1 aromatic carbocycles. The van der Waals surface area contributed by atoms with Crippen molar-refractivity contribution in [3.05, 3.63) is 22.7 Å². The van der Waals surface area contributed by atoms with Gasteiger partial charge in [0.15, 0.2) is 9.84 Å². The number of isocyanates is 1. The Morgan fingerprint density at radius 3 is 2.67 bits per heavy atom. The third kappa shape index (κ3) is 2.75. The fourth-order valence-corrected chi connectivity index (χ4v) is 2.22. The molecule has 0 amide bonds. The highest BCUT2D eigenvalue weighted by Gasteiger charge is 2.13. The Morgan fingerprint density at radius 2 is 2.13 bits per heavy atom. The lowest BCUT2D eigenvalue weighted by atomic mass is 10.3. The highest BCUT2D eigenvalue weighted by Crippen LogP contribution is 2.28. The van der Waals surface area contributed by atoms with Crippen molar-refractivity contribution < 1.29 is 13.2 Å². The standard InChI is InChI=1S/C9H8BrNO3S/c1-2-15(13,14)7-3-4-8(10)9(5-7)11-6-12/h3-5H,2H2,1H3. The highest BCUT2D eigenvalue weighted by atomic mass is 79.9. The van der Waals surface area contributed by atoms with Crippen molar-refractivity contribution in [1.29, 1.82) is 0 Å². The predicted molar refractivity (Wildman–Crippen MR) is 59.7 cm³/mol. The topological polar surface area (TPSA) is 63.6 Å². The van der Waals surface area contributed by atoms with E-state index in [0.717, 1.165) is 0 Å². The van der Waals surface area contributed by atoms with Crippen LogP contribution in [-0.4, -0.2) is 20.3 Å². The van der Waals surface area contributed by atoms with Crippen molar-refractivity contribution >= 4 is 37.5 Å². The quantitative estimate of drug-likeness (QED) is 0.633. The van der Waals surface area contributed by atoms with E-state index >= 15 is 0 Å². The van der Waals surface area contributed by atoms with E-state index in [1.54, 1.807) is 13.0 Å². The normalized spacial score (nSPS) is 10.8. The van der Waals surface area contributed by atoms with Crippen molar-refractivity contribution in [2.75, 3.05) is 5.75 Å². The van der Waals surface area contributed by atoms with Crippen molar-refractivity contribution in [2.45, 2.75) is 11.8 Å². The summed E-state index contributed by atoms with van der Waals surface area (Å²) in [6.07, 6.45) is 1.37. The SMILES string of the molecule is CCS(=O)(=O)c1ccc(Br)c(N=C=O)c1. The smallest absolute Gasteiger partial charge is 0.224 e. The molecule has 0 bridgehead atoms. The minimum atomic E-state index is -3.27. The minimum Gasteiger partial charge on any atom is -0.224 e. The van der Waals surface area contributed by atoms with E-state index in [0.29, 0.717) is 4.47 Å². The van der Waals surface area contributed by atoms with Gasteiger partial charge in [0.1, 0.15) is 0 Å². The van der Waals surface area contributed by atoms with Crippen LogP contribution in [0.25, 0.3) is 0 Å². The highest BCUT2D eigenvalue weighted by molar-refractivity contribution is 9.10. The molecule has 0 unspecified atom stereocenters.